The van der Waals surface area contributed by atoms with Crippen molar-refractivity contribution in [2.45, 2.75) is 70.6 Å². The number of hydrogen-bond acceptors (Lipinski definition) is 5. The van der Waals surface area contributed by atoms with E-state index in [1.807, 2.05) is 30.3 Å². The van der Waals surface area contributed by atoms with Crippen molar-refractivity contribution in [3.05, 3.63) is 35.9 Å². The van der Waals surface area contributed by atoms with Gasteiger partial charge >= 0.3 is 6.09 Å². The summed E-state index contributed by atoms with van der Waals surface area (Å²) in [7, 11) is 0. The van der Waals surface area contributed by atoms with Crippen LogP contribution in [0.1, 0.15) is 65.0 Å². The number of ketones is 1. The van der Waals surface area contributed by atoms with Gasteiger partial charge in [-0.1, -0.05) is 30.3 Å². The van der Waals surface area contributed by atoms with E-state index in [-0.39, 0.29) is 37.8 Å². The molecule has 0 aromatic heterocycles. The maximum absolute atomic E-state index is 12.9. The molecule has 29 heavy (non-hydrogen) atoms. The van der Waals surface area contributed by atoms with E-state index in [9.17, 15) is 19.5 Å². The van der Waals surface area contributed by atoms with Crippen LogP contribution in [0.2, 0.25) is 0 Å². The minimum Gasteiger partial charge on any atom is -0.444 e. The number of piperidine rings is 1. The number of nitrogens with one attached hydrogen (secondary N) is 1. The summed E-state index contributed by atoms with van der Waals surface area (Å²) in [4.78, 5) is 38.0. The molecule has 1 saturated heterocycles. The van der Waals surface area contributed by atoms with Gasteiger partial charge in [-0.25, -0.2) is 4.79 Å². The molecule has 1 aromatic rings. The number of rotatable bonds is 6. The maximum atomic E-state index is 12.9. The summed E-state index contributed by atoms with van der Waals surface area (Å²) in [6, 6.07) is 9.04. The summed E-state index contributed by atoms with van der Waals surface area (Å²) >= 11 is 0. The highest BCUT2D eigenvalue weighted by molar-refractivity contribution is 5.86. The number of Topliss-reactive ketones (excluding diaryl/α,β-unsaturated/α-hetero) is 1. The molecule has 7 nitrogen and oxygen atoms in total. The molecular weight excluding hydrogens is 372 g/mol. The SMILES string of the molecule is CC(=O)CC[C@H](NC(=O)C1(O)CCN(C(=O)OC(C)(C)C)CC1)c1ccccc1. The Labute approximate surface area is 172 Å². The molecule has 7 heteroatoms. The third-order valence-corrected chi connectivity index (χ3v) is 4.96. The standard InChI is InChI=1S/C22H32N2O5/c1-16(25)10-11-18(17-8-6-5-7-9-17)23-19(26)22(28)12-14-24(15-13-22)20(27)29-21(2,3)4/h5-9,18,28H,10-15H2,1-4H3,(H,23,26)/t18-/m0/s1. The van der Waals surface area contributed by atoms with E-state index in [1.54, 1.807) is 20.8 Å². The van der Waals surface area contributed by atoms with Crippen molar-refractivity contribution >= 4 is 17.8 Å². The highest BCUT2D eigenvalue weighted by atomic mass is 16.6. The predicted octanol–water partition coefficient (Wildman–Crippen LogP) is 2.98. The summed E-state index contributed by atoms with van der Waals surface area (Å²) in [6.45, 7) is 7.38. The summed E-state index contributed by atoms with van der Waals surface area (Å²) in [6.07, 6.45) is 0.623. The number of ether oxygens (including phenoxy) is 1. The molecule has 1 aromatic carbocycles. The first kappa shape index (κ1) is 22.9. The van der Waals surface area contributed by atoms with Gasteiger partial charge in [0.15, 0.2) is 0 Å². The number of carbonyl (C=O) groups is 3. The van der Waals surface area contributed by atoms with Gasteiger partial charge in [-0.2, -0.15) is 0 Å². The van der Waals surface area contributed by atoms with Crippen LogP contribution in [0.4, 0.5) is 4.79 Å². The van der Waals surface area contributed by atoms with Gasteiger partial charge in [-0.3, -0.25) is 4.79 Å². The molecule has 0 spiro atoms. The van der Waals surface area contributed by atoms with E-state index in [0.29, 0.717) is 12.8 Å². The monoisotopic (exact) mass is 404 g/mol. The Balaban J connectivity index is 2.00. The zero-order chi connectivity index (χ0) is 21.7. The Kier molecular flexibility index (Phi) is 7.41. The van der Waals surface area contributed by atoms with E-state index in [1.165, 1.54) is 11.8 Å². The van der Waals surface area contributed by atoms with E-state index < -0.39 is 23.2 Å². The van der Waals surface area contributed by atoms with Gasteiger partial charge in [0.2, 0.25) is 0 Å². The van der Waals surface area contributed by atoms with Crippen molar-refractivity contribution in [3.63, 3.8) is 0 Å². The third-order valence-electron chi connectivity index (χ3n) is 4.96. The average Bonchev–Trinajstić information content (AvgIpc) is 2.64. The molecule has 1 fully saturated rings. The first-order chi connectivity index (χ1) is 13.5. The minimum atomic E-state index is -1.55. The lowest BCUT2D eigenvalue weighted by Gasteiger charge is -2.38. The lowest BCUT2D eigenvalue weighted by atomic mass is 9.89. The van der Waals surface area contributed by atoms with Crippen molar-refractivity contribution in [2.24, 2.45) is 0 Å². The lowest BCUT2D eigenvalue weighted by molar-refractivity contribution is -0.145. The molecule has 0 bridgehead atoms. The van der Waals surface area contributed by atoms with Gasteiger partial charge < -0.3 is 24.9 Å². The van der Waals surface area contributed by atoms with Crippen LogP contribution in [0.3, 0.4) is 0 Å². The van der Waals surface area contributed by atoms with E-state index in [2.05, 4.69) is 5.32 Å². The lowest BCUT2D eigenvalue weighted by Crippen LogP contribution is -2.55. The zero-order valence-electron chi connectivity index (χ0n) is 17.7. The molecule has 2 amide bonds. The maximum Gasteiger partial charge on any atom is 0.410 e. The van der Waals surface area contributed by atoms with Crippen LogP contribution in [0, 0.1) is 0 Å². The van der Waals surface area contributed by atoms with Crippen LogP contribution in [0.5, 0.6) is 0 Å². The number of aliphatic hydroxyl groups is 1. The second-order valence-corrected chi connectivity index (χ2v) is 8.68. The normalized spacial score (nSPS) is 17.3. The number of amides is 2. The minimum absolute atomic E-state index is 0.0459. The van der Waals surface area contributed by atoms with Crippen molar-refractivity contribution in [1.29, 1.82) is 0 Å². The number of hydrogen-bond donors (Lipinski definition) is 2. The van der Waals surface area contributed by atoms with Crippen molar-refractivity contribution in [2.75, 3.05) is 13.1 Å². The molecule has 1 aliphatic heterocycles. The van der Waals surface area contributed by atoms with Crippen LogP contribution in [0.15, 0.2) is 30.3 Å². The van der Waals surface area contributed by atoms with Crippen LogP contribution in [0.25, 0.3) is 0 Å². The molecule has 0 unspecified atom stereocenters. The molecule has 160 valence electrons. The molecule has 1 aliphatic rings. The Morgan fingerprint density at radius 2 is 1.76 bits per heavy atom. The molecule has 0 saturated carbocycles. The van der Waals surface area contributed by atoms with Gasteiger partial charge in [0.1, 0.15) is 17.0 Å². The van der Waals surface area contributed by atoms with Crippen LogP contribution < -0.4 is 5.32 Å². The van der Waals surface area contributed by atoms with Crippen LogP contribution in [-0.4, -0.2) is 52.1 Å². The molecule has 2 rings (SSSR count). The Morgan fingerprint density at radius 3 is 2.28 bits per heavy atom. The second-order valence-electron chi connectivity index (χ2n) is 8.68. The topological polar surface area (TPSA) is 95.9 Å². The van der Waals surface area contributed by atoms with Gasteiger partial charge in [-0.15, -0.1) is 0 Å². The quantitative estimate of drug-likeness (QED) is 0.760. The summed E-state index contributed by atoms with van der Waals surface area (Å²) in [5.41, 5.74) is -1.26. The molecule has 1 atom stereocenters. The molecule has 2 N–H and O–H groups in total. The fraction of sp³-hybridized carbons (Fsp3) is 0.591. The summed E-state index contributed by atoms with van der Waals surface area (Å²) < 4.78 is 5.36. The largest absolute Gasteiger partial charge is 0.444 e. The molecular formula is C22H32N2O5. The Hall–Kier alpha value is -2.41. The Morgan fingerprint density at radius 1 is 1.17 bits per heavy atom. The van der Waals surface area contributed by atoms with Crippen molar-refractivity contribution in [3.8, 4) is 0 Å². The molecule has 0 radical (unpaired) electrons. The zero-order valence-corrected chi connectivity index (χ0v) is 17.7. The number of likely N-dealkylation sites (tertiary alicyclic amines) is 1. The highest BCUT2D eigenvalue weighted by Crippen LogP contribution is 2.26. The Bertz CT molecular complexity index is 718. The molecule has 1 heterocycles. The second kappa shape index (κ2) is 9.39. The highest BCUT2D eigenvalue weighted by Gasteiger charge is 2.41. The van der Waals surface area contributed by atoms with Crippen LogP contribution >= 0.6 is 0 Å². The molecule has 0 aliphatic carbocycles. The van der Waals surface area contributed by atoms with Crippen LogP contribution in [-0.2, 0) is 14.3 Å². The first-order valence-electron chi connectivity index (χ1n) is 10.1. The van der Waals surface area contributed by atoms with E-state index in [0.717, 1.165) is 5.56 Å². The van der Waals surface area contributed by atoms with Crippen molar-refractivity contribution < 1.29 is 24.2 Å². The predicted molar refractivity (Wildman–Crippen MR) is 109 cm³/mol. The van der Waals surface area contributed by atoms with E-state index >= 15 is 0 Å². The number of carbonyl (C=O) groups excluding carboxylic acids is 3. The fourth-order valence-corrected chi connectivity index (χ4v) is 3.26. The van der Waals surface area contributed by atoms with Gasteiger partial charge in [0, 0.05) is 32.4 Å². The third kappa shape index (κ3) is 6.85. The summed E-state index contributed by atoms with van der Waals surface area (Å²) in [5.74, 6) is -0.427. The van der Waals surface area contributed by atoms with Crippen molar-refractivity contribution in [1.82, 2.24) is 10.2 Å². The van der Waals surface area contributed by atoms with Gasteiger partial charge in [0.25, 0.3) is 5.91 Å². The van der Waals surface area contributed by atoms with Gasteiger partial charge in [-0.05, 0) is 39.7 Å². The van der Waals surface area contributed by atoms with E-state index in [4.69, 9.17) is 4.74 Å². The number of nitrogens with zero attached hydrogens (tertiary/aromatic N) is 1. The summed E-state index contributed by atoms with van der Waals surface area (Å²) in [5, 5.41) is 13.8. The average molecular weight is 405 g/mol. The number of benzene rings is 1. The first-order valence-corrected chi connectivity index (χ1v) is 10.1. The smallest absolute Gasteiger partial charge is 0.410 e. The fourth-order valence-electron chi connectivity index (χ4n) is 3.26. The van der Waals surface area contributed by atoms with Gasteiger partial charge in [0.05, 0.1) is 6.04 Å².